The monoisotopic (exact) mass is 479 g/mol. The fraction of sp³-hybridized carbons (Fsp3) is 0.375. The quantitative estimate of drug-likeness (QED) is 0.501. The van der Waals surface area contributed by atoms with Gasteiger partial charge in [0.25, 0.3) is 11.8 Å². The molecule has 34 heavy (non-hydrogen) atoms. The topological polar surface area (TPSA) is 99.8 Å². The summed E-state index contributed by atoms with van der Waals surface area (Å²) in [6.07, 6.45) is 0. The summed E-state index contributed by atoms with van der Waals surface area (Å²) >= 11 is 1.56. The molecule has 0 spiro atoms. The lowest BCUT2D eigenvalue weighted by Crippen LogP contribution is -2.57. The van der Waals surface area contributed by atoms with Crippen LogP contribution in [0.2, 0.25) is 0 Å². The minimum absolute atomic E-state index is 0.193. The first-order valence-corrected chi connectivity index (χ1v) is 12.2. The number of hydrogen-bond acceptors (Lipinski definition) is 8. The molecule has 1 fully saturated rings. The summed E-state index contributed by atoms with van der Waals surface area (Å²) in [5, 5.41) is 6.02. The fourth-order valence-electron chi connectivity index (χ4n) is 4.48. The molecule has 2 aliphatic rings. The lowest BCUT2D eigenvalue weighted by molar-refractivity contribution is -0.138. The molecule has 3 amide bonds. The predicted molar refractivity (Wildman–Crippen MR) is 125 cm³/mol. The first-order valence-electron chi connectivity index (χ1n) is 11.3. The van der Waals surface area contributed by atoms with Crippen molar-refractivity contribution in [3.05, 3.63) is 58.8 Å². The van der Waals surface area contributed by atoms with E-state index in [4.69, 9.17) is 4.52 Å². The molecule has 9 nitrogen and oxygen atoms in total. The summed E-state index contributed by atoms with van der Waals surface area (Å²) in [5.74, 6) is -0.0778. The second-order valence-electron chi connectivity index (χ2n) is 8.81. The number of carbonyl (C=O) groups is 3. The third-order valence-electron chi connectivity index (χ3n) is 6.24. The van der Waals surface area contributed by atoms with Crippen molar-refractivity contribution in [2.45, 2.75) is 26.4 Å². The number of imide groups is 1. The van der Waals surface area contributed by atoms with Gasteiger partial charge in [0, 0.05) is 26.2 Å². The largest absolute Gasteiger partial charge is 0.338 e. The molecular formula is C24H25N5O4S. The molecule has 2 aromatic heterocycles. The molecule has 0 saturated carbocycles. The maximum atomic E-state index is 13.5. The van der Waals surface area contributed by atoms with Gasteiger partial charge in [-0.15, -0.1) is 11.3 Å². The van der Waals surface area contributed by atoms with Crippen LogP contribution in [0.4, 0.5) is 0 Å². The van der Waals surface area contributed by atoms with Gasteiger partial charge in [-0.1, -0.05) is 37.2 Å². The number of rotatable bonds is 6. The average molecular weight is 480 g/mol. The maximum absolute atomic E-state index is 13.5. The zero-order valence-electron chi connectivity index (χ0n) is 19.0. The Labute approximate surface area is 201 Å². The summed E-state index contributed by atoms with van der Waals surface area (Å²) in [4.78, 5) is 49.9. The van der Waals surface area contributed by atoms with E-state index in [-0.39, 0.29) is 11.8 Å². The van der Waals surface area contributed by atoms with E-state index in [1.807, 2.05) is 31.4 Å². The van der Waals surface area contributed by atoms with E-state index in [1.54, 1.807) is 40.5 Å². The molecule has 0 aliphatic carbocycles. The second kappa shape index (κ2) is 9.11. The number of fused-ring (bicyclic) bond motifs is 1. The highest BCUT2D eigenvalue weighted by Gasteiger charge is 2.45. The minimum atomic E-state index is -0.830. The van der Waals surface area contributed by atoms with Gasteiger partial charge in [0.1, 0.15) is 6.04 Å². The fourth-order valence-corrected chi connectivity index (χ4v) is 5.13. The molecule has 0 bridgehead atoms. The van der Waals surface area contributed by atoms with Crippen molar-refractivity contribution in [2.75, 3.05) is 26.2 Å². The number of amides is 3. The number of benzene rings is 1. The Bertz CT molecular complexity index is 1180. The Balaban J connectivity index is 1.23. The number of hydrogen-bond donors (Lipinski definition) is 0. The number of thiophene rings is 1. The number of aromatic nitrogens is 2. The first-order chi connectivity index (χ1) is 16.4. The van der Waals surface area contributed by atoms with Crippen LogP contribution in [0.3, 0.4) is 0 Å². The van der Waals surface area contributed by atoms with Crippen LogP contribution in [0, 0.1) is 5.92 Å². The van der Waals surface area contributed by atoms with Gasteiger partial charge in [0.05, 0.1) is 22.5 Å². The molecule has 1 atom stereocenters. The van der Waals surface area contributed by atoms with Crippen molar-refractivity contribution in [3.63, 3.8) is 0 Å². The molecule has 0 N–H and O–H groups in total. The van der Waals surface area contributed by atoms with Gasteiger partial charge in [-0.3, -0.25) is 24.2 Å². The van der Waals surface area contributed by atoms with Crippen molar-refractivity contribution < 1.29 is 18.9 Å². The second-order valence-corrected chi connectivity index (χ2v) is 9.75. The van der Waals surface area contributed by atoms with E-state index in [9.17, 15) is 14.4 Å². The zero-order chi connectivity index (χ0) is 23.8. The van der Waals surface area contributed by atoms with Gasteiger partial charge >= 0.3 is 0 Å². The summed E-state index contributed by atoms with van der Waals surface area (Å²) < 4.78 is 5.40. The molecule has 1 unspecified atom stereocenters. The third-order valence-corrected chi connectivity index (χ3v) is 7.11. The Morgan fingerprint density at radius 1 is 1.03 bits per heavy atom. The van der Waals surface area contributed by atoms with Gasteiger partial charge in [-0.05, 0) is 29.5 Å². The van der Waals surface area contributed by atoms with Crippen molar-refractivity contribution in [1.82, 2.24) is 24.8 Å². The van der Waals surface area contributed by atoms with Crippen LogP contribution in [0.1, 0.15) is 40.5 Å². The third kappa shape index (κ3) is 4.03. The van der Waals surface area contributed by atoms with E-state index in [0.717, 1.165) is 9.78 Å². The van der Waals surface area contributed by atoms with Gasteiger partial charge < -0.3 is 9.42 Å². The highest BCUT2D eigenvalue weighted by Crippen LogP contribution is 2.28. The molecule has 176 valence electrons. The van der Waals surface area contributed by atoms with Crippen LogP contribution >= 0.6 is 11.3 Å². The van der Waals surface area contributed by atoms with Crippen molar-refractivity contribution in [2.24, 2.45) is 5.92 Å². The predicted octanol–water partition coefficient (Wildman–Crippen LogP) is 2.76. The Kier molecular flexibility index (Phi) is 6.01. The van der Waals surface area contributed by atoms with Crippen LogP contribution in [0.15, 0.2) is 46.3 Å². The summed E-state index contributed by atoms with van der Waals surface area (Å²) in [6.45, 7) is 6.50. The highest BCUT2D eigenvalue weighted by atomic mass is 32.1. The van der Waals surface area contributed by atoms with E-state index in [1.165, 1.54) is 0 Å². The van der Waals surface area contributed by atoms with Gasteiger partial charge in [-0.2, -0.15) is 4.98 Å². The van der Waals surface area contributed by atoms with Gasteiger partial charge in [0.2, 0.25) is 17.6 Å². The molecule has 2 aliphatic heterocycles. The standard InChI is InChI=1S/C24H25N5O4S/c1-15(2)20(29-22(30)16-6-3-4-7-17(16)23(29)31)24(32)28-11-9-27(10-12-28)14-19-25-21(26-33-19)18-8-5-13-34-18/h3-8,13,15,20H,9-12,14H2,1-2H3. The van der Waals surface area contributed by atoms with E-state index in [0.29, 0.717) is 55.6 Å². The number of piperazine rings is 1. The SMILES string of the molecule is CC(C)C(C(=O)N1CCN(Cc2nc(-c3cccs3)no2)CC1)N1C(=O)c2ccccc2C1=O. The summed E-state index contributed by atoms with van der Waals surface area (Å²) in [5.41, 5.74) is 0.717. The molecule has 1 saturated heterocycles. The molecule has 3 aromatic rings. The van der Waals surface area contributed by atoms with Gasteiger partial charge in [0.15, 0.2) is 0 Å². The van der Waals surface area contributed by atoms with Crippen LogP contribution in [0.25, 0.3) is 10.7 Å². The molecule has 4 heterocycles. The molecule has 1 aromatic carbocycles. The lowest BCUT2D eigenvalue weighted by atomic mass is 10.0. The van der Waals surface area contributed by atoms with Crippen molar-refractivity contribution in [3.8, 4) is 10.7 Å². The first kappa shape index (κ1) is 22.4. The normalized spacial score (nSPS) is 17.5. The lowest BCUT2D eigenvalue weighted by Gasteiger charge is -2.38. The van der Waals surface area contributed by atoms with Crippen LogP contribution in [-0.2, 0) is 11.3 Å². The van der Waals surface area contributed by atoms with Crippen LogP contribution in [-0.4, -0.2) is 74.8 Å². The summed E-state index contributed by atoms with van der Waals surface area (Å²) in [6, 6.07) is 9.79. The number of carbonyl (C=O) groups excluding carboxylic acids is 3. The molecule has 0 radical (unpaired) electrons. The van der Waals surface area contributed by atoms with Gasteiger partial charge in [-0.25, -0.2) is 0 Å². The van der Waals surface area contributed by atoms with Crippen LogP contribution < -0.4 is 0 Å². The summed E-state index contributed by atoms with van der Waals surface area (Å²) in [7, 11) is 0. The maximum Gasteiger partial charge on any atom is 0.262 e. The Hall–Kier alpha value is -3.37. The van der Waals surface area contributed by atoms with E-state index < -0.39 is 17.9 Å². The smallest absolute Gasteiger partial charge is 0.262 e. The zero-order valence-corrected chi connectivity index (χ0v) is 19.8. The molecular weight excluding hydrogens is 454 g/mol. The van der Waals surface area contributed by atoms with E-state index in [2.05, 4.69) is 15.0 Å². The van der Waals surface area contributed by atoms with Crippen molar-refractivity contribution >= 4 is 29.1 Å². The van der Waals surface area contributed by atoms with Crippen LogP contribution in [0.5, 0.6) is 0 Å². The Morgan fingerprint density at radius 3 is 2.29 bits per heavy atom. The highest BCUT2D eigenvalue weighted by molar-refractivity contribution is 7.13. The minimum Gasteiger partial charge on any atom is -0.338 e. The number of nitrogens with zero attached hydrogens (tertiary/aromatic N) is 5. The average Bonchev–Trinajstić information content (AvgIpc) is 3.58. The molecule has 10 heteroatoms. The molecule has 5 rings (SSSR count). The van der Waals surface area contributed by atoms with E-state index >= 15 is 0 Å². The Morgan fingerprint density at radius 2 is 1.71 bits per heavy atom. The van der Waals surface area contributed by atoms with Crippen molar-refractivity contribution in [1.29, 1.82) is 0 Å².